The van der Waals surface area contributed by atoms with Crippen LogP contribution in [-0.2, 0) is 14.1 Å². The third kappa shape index (κ3) is 1.66. The molecule has 68 valence electrons. The Hall–Kier alpha value is -1.06. The van der Waals surface area contributed by atoms with Crippen LogP contribution in [0.3, 0.4) is 0 Å². The summed E-state index contributed by atoms with van der Waals surface area (Å²) in [5, 5.41) is 0. The first-order chi connectivity index (χ1) is 6.27. The first-order valence-electron chi connectivity index (χ1n) is 3.90. The van der Waals surface area contributed by atoms with E-state index in [1.165, 1.54) is 0 Å². The SMILES string of the molecule is Cn1ccnc1[Se]c1nccn1C. The van der Waals surface area contributed by atoms with Crippen molar-refractivity contribution in [1.29, 1.82) is 0 Å². The van der Waals surface area contributed by atoms with E-state index in [0.29, 0.717) is 0 Å². The number of hydrogen-bond donors (Lipinski definition) is 0. The second-order valence-electron chi connectivity index (χ2n) is 2.74. The summed E-state index contributed by atoms with van der Waals surface area (Å²) in [6, 6.07) is 0. The van der Waals surface area contributed by atoms with Crippen LogP contribution in [0, 0.1) is 0 Å². The van der Waals surface area contributed by atoms with Crippen LogP contribution in [0.1, 0.15) is 0 Å². The summed E-state index contributed by atoms with van der Waals surface area (Å²) < 4.78 is 6.27. The zero-order valence-electron chi connectivity index (χ0n) is 7.51. The Morgan fingerprint density at radius 2 is 1.46 bits per heavy atom. The molecule has 0 N–H and O–H groups in total. The molecule has 0 saturated carbocycles. The van der Waals surface area contributed by atoms with Crippen molar-refractivity contribution in [2.75, 3.05) is 0 Å². The molecule has 0 spiro atoms. The van der Waals surface area contributed by atoms with Gasteiger partial charge in [-0.25, -0.2) is 0 Å². The van der Waals surface area contributed by atoms with E-state index in [1.54, 1.807) is 0 Å². The van der Waals surface area contributed by atoms with Gasteiger partial charge in [-0.05, 0) is 0 Å². The second-order valence-corrected chi connectivity index (χ2v) is 4.70. The quantitative estimate of drug-likeness (QED) is 0.620. The normalized spacial score (nSPS) is 10.6. The van der Waals surface area contributed by atoms with Gasteiger partial charge in [-0.2, -0.15) is 0 Å². The van der Waals surface area contributed by atoms with E-state index in [1.807, 2.05) is 48.0 Å². The molecule has 0 saturated heterocycles. The molecule has 0 fully saturated rings. The zero-order chi connectivity index (χ0) is 9.26. The summed E-state index contributed by atoms with van der Waals surface area (Å²) in [4.78, 5) is 8.54. The van der Waals surface area contributed by atoms with Crippen LogP contribution >= 0.6 is 0 Å². The van der Waals surface area contributed by atoms with Gasteiger partial charge in [0.1, 0.15) is 0 Å². The summed E-state index contributed by atoms with van der Waals surface area (Å²) in [5.74, 6) is 0. The summed E-state index contributed by atoms with van der Waals surface area (Å²) in [6.07, 6.45) is 7.56. The molecule has 0 aliphatic rings. The molecule has 5 heteroatoms. The Bertz CT molecular complexity index is 365. The zero-order valence-corrected chi connectivity index (χ0v) is 9.22. The topological polar surface area (TPSA) is 35.6 Å². The van der Waals surface area contributed by atoms with E-state index in [0.717, 1.165) is 9.45 Å². The van der Waals surface area contributed by atoms with Gasteiger partial charge < -0.3 is 0 Å². The van der Waals surface area contributed by atoms with Crippen molar-refractivity contribution in [2.24, 2.45) is 14.1 Å². The van der Waals surface area contributed by atoms with E-state index < -0.39 is 0 Å². The Morgan fingerprint density at radius 3 is 1.77 bits per heavy atom. The second kappa shape index (κ2) is 3.36. The van der Waals surface area contributed by atoms with E-state index in [-0.39, 0.29) is 15.0 Å². The van der Waals surface area contributed by atoms with Crippen molar-refractivity contribution in [2.45, 2.75) is 0 Å². The molecular weight excluding hydrogens is 231 g/mol. The predicted octanol–water partition coefficient (Wildman–Crippen LogP) is -1.19. The van der Waals surface area contributed by atoms with E-state index in [4.69, 9.17) is 0 Å². The third-order valence-corrected chi connectivity index (χ3v) is 4.15. The number of nitrogens with zero attached hydrogens (tertiary/aromatic N) is 4. The number of hydrogen-bond acceptors (Lipinski definition) is 2. The van der Waals surface area contributed by atoms with Crippen molar-refractivity contribution in [3.63, 3.8) is 0 Å². The van der Waals surface area contributed by atoms with Gasteiger partial charge in [-0.3, -0.25) is 0 Å². The van der Waals surface area contributed by atoms with Crippen molar-refractivity contribution < 1.29 is 0 Å². The van der Waals surface area contributed by atoms with Crippen LogP contribution in [0.2, 0.25) is 0 Å². The van der Waals surface area contributed by atoms with Crippen molar-refractivity contribution in [3.8, 4) is 0 Å². The fraction of sp³-hybridized carbons (Fsp3) is 0.250. The third-order valence-electron chi connectivity index (χ3n) is 1.74. The molecule has 4 nitrogen and oxygen atoms in total. The maximum atomic E-state index is 4.27. The van der Waals surface area contributed by atoms with Gasteiger partial charge in [-0.1, -0.05) is 0 Å². The Morgan fingerprint density at radius 1 is 1.00 bits per heavy atom. The van der Waals surface area contributed by atoms with Gasteiger partial charge in [-0.15, -0.1) is 0 Å². The van der Waals surface area contributed by atoms with Crippen LogP contribution in [0.25, 0.3) is 0 Å². The van der Waals surface area contributed by atoms with Gasteiger partial charge in [0.05, 0.1) is 0 Å². The maximum absolute atomic E-state index is 4.27. The summed E-state index contributed by atoms with van der Waals surface area (Å²) in [5.41, 5.74) is 0. The predicted molar refractivity (Wildman–Crippen MR) is 51.4 cm³/mol. The average Bonchev–Trinajstić information content (AvgIpc) is 2.65. The van der Waals surface area contributed by atoms with Gasteiger partial charge in [0.25, 0.3) is 0 Å². The van der Waals surface area contributed by atoms with Crippen molar-refractivity contribution in [3.05, 3.63) is 24.8 Å². The Balaban J connectivity index is 2.24. The molecule has 2 aromatic rings. The fourth-order valence-corrected chi connectivity index (χ4v) is 2.66. The summed E-state index contributed by atoms with van der Waals surface area (Å²) in [6.45, 7) is 0. The Kier molecular flexibility index (Phi) is 2.20. The molecule has 0 atom stereocenters. The molecule has 2 rings (SSSR count). The molecular formula is C8H10N4Se. The van der Waals surface area contributed by atoms with Crippen molar-refractivity contribution >= 4 is 24.4 Å². The monoisotopic (exact) mass is 242 g/mol. The average molecular weight is 241 g/mol. The van der Waals surface area contributed by atoms with E-state index in [2.05, 4.69) is 9.97 Å². The van der Waals surface area contributed by atoms with Crippen LogP contribution < -0.4 is 9.45 Å². The number of aromatic nitrogens is 4. The van der Waals surface area contributed by atoms with Crippen LogP contribution in [0.15, 0.2) is 24.8 Å². The minimum absolute atomic E-state index is 0.205. The van der Waals surface area contributed by atoms with Gasteiger partial charge in [0, 0.05) is 0 Å². The number of rotatable bonds is 2. The van der Waals surface area contributed by atoms with Crippen LogP contribution in [0.4, 0.5) is 0 Å². The standard InChI is InChI=1S/C8H10N4Se/c1-11-5-3-9-7(11)13-8-10-4-6-12(8)2/h3-6H,1-2H3. The molecule has 0 aliphatic heterocycles. The molecule has 0 radical (unpaired) electrons. The van der Waals surface area contributed by atoms with Gasteiger partial charge in [0.15, 0.2) is 0 Å². The summed E-state index contributed by atoms with van der Waals surface area (Å²) >= 11 is 0.205. The molecule has 13 heavy (non-hydrogen) atoms. The van der Waals surface area contributed by atoms with Gasteiger partial charge >= 0.3 is 82.4 Å². The fourth-order valence-electron chi connectivity index (χ4n) is 0.982. The molecule has 0 aliphatic carbocycles. The first kappa shape index (κ1) is 8.53. The first-order valence-corrected chi connectivity index (χ1v) is 5.61. The van der Waals surface area contributed by atoms with Crippen LogP contribution in [0.5, 0.6) is 0 Å². The number of aryl methyl sites for hydroxylation is 2. The molecule has 0 unspecified atom stereocenters. The Labute approximate surface area is 82.8 Å². The molecule has 0 amide bonds. The van der Waals surface area contributed by atoms with Gasteiger partial charge in [0.2, 0.25) is 0 Å². The van der Waals surface area contributed by atoms with Crippen molar-refractivity contribution in [1.82, 2.24) is 19.1 Å². The van der Waals surface area contributed by atoms with E-state index >= 15 is 0 Å². The molecule has 0 bridgehead atoms. The molecule has 2 heterocycles. The molecule has 2 aromatic heterocycles. The summed E-state index contributed by atoms with van der Waals surface area (Å²) in [7, 11) is 4.01. The number of imidazole rings is 2. The molecule has 0 aromatic carbocycles. The minimum atomic E-state index is 0.205. The van der Waals surface area contributed by atoms with Crippen LogP contribution in [-0.4, -0.2) is 34.1 Å². The van der Waals surface area contributed by atoms with E-state index in [9.17, 15) is 0 Å².